The zero-order valence-corrected chi connectivity index (χ0v) is 17.1. The van der Waals surface area contributed by atoms with E-state index in [0.29, 0.717) is 31.9 Å². The maximum Gasteiger partial charge on any atom is 0.336 e. The number of carboxylic acid groups (broad SMARTS) is 1. The summed E-state index contributed by atoms with van der Waals surface area (Å²) in [6.07, 6.45) is 5.21. The molecule has 1 unspecified atom stereocenters. The second-order valence-electron chi connectivity index (χ2n) is 7.29. The van der Waals surface area contributed by atoms with Crippen molar-refractivity contribution in [2.45, 2.75) is 44.7 Å². The van der Waals surface area contributed by atoms with Gasteiger partial charge in [0.1, 0.15) is 0 Å². The lowest BCUT2D eigenvalue weighted by atomic mass is 9.92. The number of hydrogen-bond donors (Lipinski definition) is 4. The molecule has 1 aliphatic rings. The van der Waals surface area contributed by atoms with Crippen LogP contribution in [0.2, 0.25) is 0 Å². The van der Waals surface area contributed by atoms with E-state index in [1.165, 1.54) is 4.90 Å². The van der Waals surface area contributed by atoms with Crippen LogP contribution >= 0.6 is 0 Å². The molecule has 2 aromatic rings. The van der Waals surface area contributed by atoms with Crippen LogP contribution in [0.4, 0.5) is 10.7 Å². The van der Waals surface area contributed by atoms with Gasteiger partial charge in [-0.05, 0) is 36.5 Å². The molecule has 0 saturated carbocycles. The maximum absolute atomic E-state index is 12.6. The Balaban J connectivity index is 1.42. The summed E-state index contributed by atoms with van der Waals surface area (Å²) in [6.45, 7) is 0.927. The number of carbonyl (C=O) groups excluding carboxylic acids is 2. The van der Waals surface area contributed by atoms with E-state index in [1.807, 2.05) is 24.3 Å². The summed E-state index contributed by atoms with van der Waals surface area (Å²) in [5.41, 5.74) is 6.84. The van der Waals surface area contributed by atoms with Gasteiger partial charge in [-0.3, -0.25) is 15.0 Å². The zero-order valence-electron chi connectivity index (χ0n) is 17.1. The molecule has 31 heavy (non-hydrogen) atoms. The number of aromatic nitrogens is 2. The lowest BCUT2D eigenvalue weighted by Crippen LogP contribution is -2.54. The smallest absolute Gasteiger partial charge is 0.336 e. The number of unbranched alkanes of at least 4 members (excludes halogenated alkanes) is 1. The minimum absolute atomic E-state index is 0.159. The predicted octanol–water partition coefficient (Wildman–Crippen LogP) is 1.70. The van der Waals surface area contributed by atoms with E-state index < -0.39 is 18.0 Å². The molecule has 1 aromatic carbocycles. The molecule has 0 spiro atoms. The summed E-state index contributed by atoms with van der Waals surface area (Å²) in [5.74, 6) is -0.740. The molecule has 2 heterocycles. The first kappa shape index (κ1) is 22.0. The van der Waals surface area contributed by atoms with Gasteiger partial charge in [-0.25, -0.2) is 20.2 Å². The van der Waals surface area contributed by atoms with Crippen molar-refractivity contribution in [1.82, 2.24) is 25.7 Å². The Morgan fingerprint density at radius 3 is 2.52 bits per heavy atom. The minimum Gasteiger partial charge on any atom is -0.481 e. The van der Waals surface area contributed by atoms with Crippen molar-refractivity contribution in [3.8, 4) is 0 Å². The molecule has 1 aliphatic heterocycles. The molecule has 4 N–H and O–H groups in total. The molecule has 0 aliphatic carbocycles. The van der Waals surface area contributed by atoms with Crippen LogP contribution in [0.25, 0.3) is 0 Å². The third-order valence-corrected chi connectivity index (χ3v) is 5.01. The number of fused-ring (bicyclic) bond motifs is 1. The van der Waals surface area contributed by atoms with Crippen molar-refractivity contribution in [2.75, 3.05) is 11.9 Å². The van der Waals surface area contributed by atoms with Gasteiger partial charge >= 0.3 is 12.0 Å². The summed E-state index contributed by atoms with van der Waals surface area (Å²) >= 11 is 0. The first-order valence-corrected chi connectivity index (χ1v) is 10.2. The summed E-state index contributed by atoms with van der Waals surface area (Å²) in [7, 11) is 0. The van der Waals surface area contributed by atoms with Crippen molar-refractivity contribution >= 4 is 23.9 Å². The van der Waals surface area contributed by atoms with Crippen LogP contribution < -0.4 is 16.2 Å². The van der Waals surface area contributed by atoms with Gasteiger partial charge in [-0.15, -0.1) is 0 Å². The van der Waals surface area contributed by atoms with Gasteiger partial charge in [0.05, 0.1) is 6.42 Å². The number of hydrazine groups is 1. The van der Waals surface area contributed by atoms with Crippen LogP contribution in [0, 0.1) is 0 Å². The van der Waals surface area contributed by atoms with Crippen molar-refractivity contribution in [3.63, 3.8) is 0 Å². The van der Waals surface area contributed by atoms with E-state index in [0.717, 1.165) is 17.5 Å². The molecule has 164 valence electrons. The molecule has 1 atom stereocenters. The minimum atomic E-state index is -0.972. The van der Waals surface area contributed by atoms with Gasteiger partial charge in [-0.1, -0.05) is 24.3 Å². The highest BCUT2D eigenvalue weighted by Crippen LogP contribution is 2.25. The molecule has 10 nitrogen and oxygen atoms in total. The Hall–Kier alpha value is -3.69. The number of aliphatic carboxylic acids is 1. The normalized spacial score (nSPS) is 15.0. The molecule has 1 aromatic heterocycles. The largest absolute Gasteiger partial charge is 0.481 e. The Bertz CT molecular complexity index is 908. The van der Waals surface area contributed by atoms with Gasteiger partial charge < -0.3 is 15.3 Å². The monoisotopic (exact) mass is 426 g/mol. The van der Waals surface area contributed by atoms with Gasteiger partial charge in [0.25, 0.3) is 0 Å². The second-order valence-corrected chi connectivity index (χ2v) is 7.29. The predicted molar refractivity (Wildman–Crippen MR) is 113 cm³/mol. The fraction of sp³-hybridized carbons (Fsp3) is 0.381. The van der Waals surface area contributed by atoms with Crippen LogP contribution in [-0.4, -0.2) is 50.5 Å². The molecule has 3 rings (SSSR count). The van der Waals surface area contributed by atoms with Crippen LogP contribution in [0.15, 0.2) is 42.7 Å². The van der Waals surface area contributed by atoms with E-state index in [4.69, 9.17) is 0 Å². The summed E-state index contributed by atoms with van der Waals surface area (Å²) in [4.78, 5) is 45.5. The third kappa shape index (κ3) is 6.66. The highest BCUT2D eigenvalue weighted by molar-refractivity contribution is 5.81. The summed E-state index contributed by atoms with van der Waals surface area (Å²) in [5, 5.41) is 12.3. The average molecular weight is 426 g/mol. The fourth-order valence-corrected chi connectivity index (χ4v) is 3.47. The van der Waals surface area contributed by atoms with Crippen LogP contribution in [0.1, 0.15) is 36.8 Å². The lowest BCUT2D eigenvalue weighted by molar-refractivity contribution is -0.138. The quantitative estimate of drug-likeness (QED) is 0.372. The van der Waals surface area contributed by atoms with Crippen molar-refractivity contribution in [1.29, 1.82) is 0 Å². The highest BCUT2D eigenvalue weighted by atomic mass is 16.4. The number of carbonyl (C=O) groups is 3. The zero-order chi connectivity index (χ0) is 22.1. The Kier molecular flexibility index (Phi) is 7.74. The number of benzene rings is 1. The molecule has 3 amide bonds. The molecular weight excluding hydrogens is 400 g/mol. The molecule has 0 fully saturated rings. The van der Waals surface area contributed by atoms with Crippen LogP contribution in [0.3, 0.4) is 0 Å². The van der Waals surface area contributed by atoms with Crippen molar-refractivity contribution in [3.05, 3.63) is 53.9 Å². The van der Waals surface area contributed by atoms with E-state index in [1.54, 1.807) is 18.5 Å². The first-order valence-electron chi connectivity index (χ1n) is 10.2. The van der Waals surface area contributed by atoms with Crippen LogP contribution in [0.5, 0.6) is 0 Å². The van der Waals surface area contributed by atoms with Crippen molar-refractivity contribution < 1.29 is 19.5 Å². The first-order chi connectivity index (χ1) is 15.0. The SMILES string of the molecule is O=C(O)CC1Cc2ccccc2CN1C(=O)NNC(=O)CCCCNc1ncccn1. The maximum atomic E-state index is 12.6. The van der Waals surface area contributed by atoms with E-state index in [-0.39, 0.29) is 18.7 Å². The third-order valence-electron chi connectivity index (χ3n) is 5.01. The van der Waals surface area contributed by atoms with Gasteiger partial charge in [0.2, 0.25) is 11.9 Å². The van der Waals surface area contributed by atoms with E-state index >= 15 is 0 Å². The number of nitrogens with one attached hydrogen (secondary N) is 3. The number of nitrogens with zero attached hydrogens (tertiary/aromatic N) is 3. The summed E-state index contributed by atoms with van der Waals surface area (Å²) in [6, 6.07) is 8.38. The van der Waals surface area contributed by atoms with Gasteiger partial charge in [-0.2, -0.15) is 0 Å². The van der Waals surface area contributed by atoms with E-state index in [9.17, 15) is 19.5 Å². The Labute approximate surface area is 180 Å². The van der Waals surface area contributed by atoms with Crippen LogP contribution in [-0.2, 0) is 22.6 Å². The van der Waals surface area contributed by atoms with Crippen molar-refractivity contribution in [2.24, 2.45) is 0 Å². The summed E-state index contributed by atoms with van der Waals surface area (Å²) < 4.78 is 0. The van der Waals surface area contributed by atoms with E-state index in [2.05, 4.69) is 26.1 Å². The second kappa shape index (κ2) is 10.9. The molecular formula is C21H26N6O4. The topological polar surface area (TPSA) is 137 Å². The molecule has 0 radical (unpaired) electrons. The number of amides is 3. The number of hydrogen-bond acceptors (Lipinski definition) is 6. The Morgan fingerprint density at radius 1 is 1.03 bits per heavy atom. The van der Waals surface area contributed by atoms with Gasteiger partial charge in [0.15, 0.2) is 0 Å². The van der Waals surface area contributed by atoms with Gasteiger partial charge in [0, 0.05) is 37.9 Å². The number of anilines is 1. The standard InChI is InChI=1S/C21H26N6O4/c28-18(8-3-4-9-22-20-23-10-5-11-24-20)25-26-21(31)27-14-16-7-2-1-6-15(16)12-17(27)13-19(29)30/h1-2,5-7,10-11,17H,3-4,8-9,12-14H2,(H,25,28)(H,26,31)(H,29,30)(H,22,23,24). The molecule has 10 heteroatoms. The highest BCUT2D eigenvalue weighted by Gasteiger charge is 2.31. The fourth-order valence-electron chi connectivity index (χ4n) is 3.47. The molecule has 0 bridgehead atoms. The number of urea groups is 1. The number of carboxylic acids is 1. The number of rotatable bonds is 8. The average Bonchev–Trinajstić information content (AvgIpc) is 2.77. The molecule has 0 saturated heterocycles. The Morgan fingerprint density at radius 2 is 1.77 bits per heavy atom. The lowest BCUT2D eigenvalue weighted by Gasteiger charge is -2.36.